The van der Waals surface area contributed by atoms with E-state index in [2.05, 4.69) is 12.2 Å². The lowest BCUT2D eigenvalue weighted by Crippen LogP contribution is -2.36. The highest BCUT2D eigenvalue weighted by molar-refractivity contribution is 5.55. The van der Waals surface area contributed by atoms with E-state index in [1.165, 1.54) is 31.4 Å². The standard InChI is InChI=1S/C13H19FN2/c1-13(5-3-2-4-6-13)16-12-8-10(14)7-11(15)9-12/h7-9,16H,2-6,15H2,1H3. The Balaban J connectivity index is 2.13. The SMILES string of the molecule is CC1(Nc2cc(N)cc(F)c2)CCCCC1. The Morgan fingerprint density at radius 2 is 1.88 bits per heavy atom. The van der Waals surface area contributed by atoms with Crippen molar-refractivity contribution >= 4 is 11.4 Å². The normalized spacial score (nSPS) is 19.4. The minimum atomic E-state index is -0.276. The quantitative estimate of drug-likeness (QED) is 0.751. The number of nitrogens with one attached hydrogen (secondary N) is 1. The van der Waals surface area contributed by atoms with Crippen LogP contribution in [0.1, 0.15) is 39.0 Å². The summed E-state index contributed by atoms with van der Waals surface area (Å²) < 4.78 is 13.2. The summed E-state index contributed by atoms with van der Waals surface area (Å²) in [6.45, 7) is 2.20. The monoisotopic (exact) mass is 222 g/mol. The zero-order chi connectivity index (χ0) is 11.6. The van der Waals surface area contributed by atoms with Crippen LogP contribution in [0.2, 0.25) is 0 Å². The van der Waals surface area contributed by atoms with Gasteiger partial charge in [0.15, 0.2) is 0 Å². The molecule has 0 unspecified atom stereocenters. The summed E-state index contributed by atoms with van der Waals surface area (Å²) >= 11 is 0. The number of anilines is 2. The molecule has 1 aliphatic rings. The molecular weight excluding hydrogens is 203 g/mol. The zero-order valence-electron chi connectivity index (χ0n) is 9.72. The Morgan fingerprint density at radius 3 is 2.50 bits per heavy atom. The fourth-order valence-electron chi connectivity index (χ4n) is 2.49. The van der Waals surface area contributed by atoms with E-state index in [9.17, 15) is 4.39 Å². The second-order valence-corrected chi connectivity index (χ2v) is 5.02. The van der Waals surface area contributed by atoms with Crippen molar-refractivity contribution in [2.45, 2.75) is 44.6 Å². The van der Waals surface area contributed by atoms with Gasteiger partial charge in [-0.2, -0.15) is 0 Å². The fourth-order valence-corrected chi connectivity index (χ4v) is 2.49. The first-order valence-corrected chi connectivity index (χ1v) is 5.92. The minimum absolute atomic E-state index is 0.0957. The van der Waals surface area contributed by atoms with Crippen LogP contribution in [-0.4, -0.2) is 5.54 Å². The van der Waals surface area contributed by atoms with Gasteiger partial charge in [-0.3, -0.25) is 0 Å². The Morgan fingerprint density at radius 1 is 1.19 bits per heavy atom. The lowest BCUT2D eigenvalue weighted by Gasteiger charge is -2.35. The summed E-state index contributed by atoms with van der Waals surface area (Å²) in [4.78, 5) is 0. The Bertz CT molecular complexity index is 350. The van der Waals surface area contributed by atoms with Crippen LogP contribution in [-0.2, 0) is 0 Å². The van der Waals surface area contributed by atoms with Crippen molar-refractivity contribution in [2.24, 2.45) is 0 Å². The molecule has 3 heteroatoms. The average molecular weight is 222 g/mol. The predicted octanol–water partition coefficient (Wildman–Crippen LogP) is 3.54. The number of nitrogens with two attached hydrogens (primary N) is 1. The molecule has 16 heavy (non-hydrogen) atoms. The van der Waals surface area contributed by atoms with E-state index < -0.39 is 0 Å². The number of hydrogen-bond acceptors (Lipinski definition) is 2. The highest BCUT2D eigenvalue weighted by Gasteiger charge is 2.26. The molecule has 0 saturated heterocycles. The van der Waals surface area contributed by atoms with E-state index in [1.54, 1.807) is 6.07 Å². The third-order valence-electron chi connectivity index (χ3n) is 3.32. The van der Waals surface area contributed by atoms with Crippen molar-refractivity contribution in [3.8, 4) is 0 Å². The van der Waals surface area contributed by atoms with Crippen LogP contribution in [0.15, 0.2) is 18.2 Å². The van der Waals surface area contributed by atoms with E-state index in [-0.39, 0.29) is 11.4 Å². The number of rotatable bonds is 2. The van der Waals surface area contributed by atoms with Crippen molar-refractivity contribution in [2.75, 3.05) is 11.1 Å². The Kier molecular flexibility index (Phi) is 3.03. The molecule has 1 saturated carbocycles. The van der Waals surface area contributed by atoms with Gasteiger partial charge < -0.3 is 11.1 Å². The van der Waals surface area contributed by atoms with Gasteiger partial charge in [0.1, 0.15) is 5.82 Å². The van der Waals surface area contributed by atoms with Gasteiger partial charge in [-0.1, -0.05) is 19.3 Å². The summed E-state index contributed by atoms with van der Waals surface area (Å²) in [6.07, 6.45) is 6.08. The smallest absolute Gasteiger partial charge is 0.127 e. The average Bonchev–Trinajstić information content (AvgIpc) is 2.15. The molecule has 2 nitrogen and oxygen atoms in total. The summed E-state index contributed by atoms with van der Waals surface area (Å²) in [6, 6.07) is 4.65. The first-order valence-electron chi connectivity index (χ1n) is 5.92. The van der Waals surface area contributed by atoms with Crippen LogP contribution < -0.4 is 11.1 Å². The maximum absolute atomic E-state index is 13.2. The maximum Gasteiger partial charge on any atom is 0.127 e. The highest BCUT2D eigenvalue weighted by Crippen LogP contribution is 2.31. The third-order valence-corrected chi connectivity index (χ3v) is 3.32. The van der Waals surface area contributed by atoms with Gasteiger partial charge in [0.2, 0.25) is 0 Å². The van der Waals surface area contributed by atoms with E-state index in [4.69, 9.17) is 5.73 Å². The molecule has 2 rings (SSSR count). The molecule has 1 aliphatic carbocycles. The number of benzene rings is 1. The Hall–Kier alpha value is -1.25. The van der Waals surface area contributed by atoms with Crippen LogP contribution in [0.3, 0.4) is 0 Å². The molecule has 1 fully saturated rings. The van der Waals surface area contributed by atoms with Crippen LogP contribution in [0.25, 0.3) is 0 Å². The molecule has 3 N–H and O–H groups in total. The molecule has 0 atom stereocenters. The fraction of sp³-hybridized carbons (Fsp3) is 0.538. The zero-order valence-corrected chi connectivity index (χ0v) is 9.72. The van der Waals surface area contributed by atoms with Gasteiger partial charge in [-0.05, 0) is 38.0 Å². The van der Waals surface area contributed by atoms with E-state index in [1.807, 2.05) is 0 Å². The van der Waals surface area contributed by atoms with Crippen molar-refractivity contribution in [3.63, 3.8) is 0 Å². The van der Waals surface area contributed by atoms with Crippen LogP contribution in [0.5, 0.6) is 0 Å². The van der Waals surface area contributed by atoms with Gasteiger partial charge in [-0.15, -0.1) is 0 Å². The molecule has 88 valence electrons. The molecule has 0 spiro atoms. The van der Waals surface area contributed by atoms with E-state index >= 15 is 0 Å². The van der Waals surface area contributed by atoms with Crippen molar-refractivity contribution in [1.82, 2.24) is 0 Å². The first kappa shape index (κ1) is 11.2. The lowest BCUT2D eigenvalue weighted by atomic mass is 9.83. The minimum Gasteiger partial charge on any atom is -0.399 e. The van der Waals surface area contributed by atoms with Gasteiger partial charge in [0.25, 0.3) is 0 Å². The largest absolute Gasteiger partial charge is 0.399 e. The van der Waals surface area contributed by atoms with E-state index in [0.717, 1.165) is 18.5 Å². The van der Waals surface area contributed by atoms with Gasteiger partial charge in [-0.25, -0.2) is 4.39 Å². The maximum atomic E-state index is 13.2. The van der Waals surface area contributed by atoms with Crippen molar-refractivity contribution in [1.29, 1.82) is 0 Å². The first-order chi connectivity index (χ1) is 7.57. The lowest BCUT2D eigenvalue weighted by molar-refractivity contribution is 0.349. The second kappa shape index (κ2) is 4.32. The van der Waals surface area contributed by atoms with Crippen LogP contribution in [0, 0.1) is 5.82 Å². The highest BCUT2D eigenvalue weighted by atomic mass is 19.1. The molecule has 0 bridgehead atoms. The summed E-state index contributed by atoms with van der Waals surface area (Å²) in [5, 5.41) is 3.42. The molecule has 1 aromatic rings. The predicted molar refractivity (Wildman–Crippen MR) is 65.9 cm³/mol. The third kappa shape index (κ3) is 2.65. The van der Waals surface area contributed by atoms with Crippen LogP contribution >= 0.6 is 0 Å². The Labute approximate surface area is 96.0 Å². The number of hydrogen-bond donors (Lipinski definition) is 2. The van der Waals surface area contributed by atoms with Gasteiger partial charge in [0.05, 0.1) is 0 Å². The van der Waals surface area contributed by atoms with Crippen LogP contribution in [0.4, 0.5) is 15.8 Å². The summed E-state index contributed by atoms with van der Waals surface area (Å²) in [7, 11) is 0. The molecule has 0 aliphatic heterocycles. The molecular formula is C13H19FN2. The van der Waals surface area contributed by atoms with E-state index in [0.29, 0.717) is 5.69 Å². The number of nitrogen functional groups attached to an aromatic ring is 1. The second-order valence-electron chi connectivity index (χ2n) is 5.02. The van der Waals surface area contributed by atoms with Gasteiger partial charge >= 0.3 is 0 Å². The summed E-state index contributed by atoms with van der Waals surface area (Å²) in [5.74, 6) is -0.276. The van der Waals surface area contributed by atoms with Gasteiger partial charge in [0, 0.05) is 16.9 Å². The molecule has 0 radical (unpaired) electrons. The topological polar surface area (TPSA) is 38.0 Å². The molecule has 0 amide bonds. The summed E-state index contributed by atoms with van der Waals surface area (Å²) in [5.41, 5.74) is 6.99. The van der Waals surface area contributed by atoms with Crippen molar-refractivity contribution < 1.29 is 4.39 Å². The molecule has 1 aromatic carbocycles. The molecule has 0 heterocycles. The van der Waals surface area contributed by atoms with Crippen molar-refractivity contribution in [3.05, 3.63) is 24.0 Å². The number of halogens is 1. The molecule has 0 aromatic heterocycles.